The summed E-state index contributed by atoms with van der Waals surface area (Å²) in [5.41, 5.74) is -1.22. The molecule has 3 amide bonds. The Kier molecular flexibility index (Phi) is 6.42. The number of nitrogens with one attached hydrogen (secondary N) is 2. The second-order valence-electron chi connectivity index (χ2n) is 6.99. The summed E-state index contributed by atoms with van der Waals surface area (Å²) >= 11 is 5.95. The third kappa shape index (κ3) is 4.37. The van der Waals surface area contributed by atoms with E-state index in [1.165, 1.54) is 0 Å². The number of urea groups is 1. The molecule has 2 aromatic carbocycles. The lowest BCUT2D eigenvalue weighted by Gasteiger charge is -2.42. The van der Waals surface area contributed by atoms with Crippen molar-refractivity contribution in [3.05, 3.63) is 59.1 Å². The first-order chi connectivity index (χ1) is 13.8. The number of halogens is 1. The number of hydrogen-bond acceptors (Lipinski definition) is 4. The smallest absolute Gasteiger partial charge is 0.329 e. The summed E-state index contributed by atoms with van der Waals surface area (Å²) in [7, 11) is 0. The molecule has 0 aliphatic carbocycles. The molecule has 7 nitrogen and oxygen atoms in total. The fourth-order valence-electron chi connectivity index (χ4n) is 3.17. The van der Waals surface area contributed by atoms with Crippen molar-refractivity contribution in [2.24, 2.45) is 0 Å². The van der Waals surface area contributed by atoms with Gasteiger partial charge in [-0.1, -0.05) is 29.8 Å². The summed E-state index contributed by atoms with van der Waals surface area (Å²) in [5, 5.41) is 17.5. The van der Waals surface area contributed by atoms with Crippen molar-refractivity contribution in [2.45, 2.75) is 32.1 Å². The summed E-state index contributed by atoms with van der Waals surface area (Å²) in [4.78, 5) is 27.0. The molecule has 1 heterocycles. The summed E-state index contributed by atoms with van der Waals surface area (Å²) in [6, 6.07) is 12.4. The van der Waals surface area contributed by atoms with Gasteiger partial charge in [-0.15, -0.1) is 0 Å². The molecule has 0 spiro atoms. The number of carbonyl (C=O) groups excluding carboxylic acids is 2. The van der Waals surface area contributed by atoms with E-state index in [9.17, 15) is 14.7 Å². The summed E-state index contributed by atoms with van der Waals surface area (Å²) in [6.45, 7) is 4.65. The van der Waals surface area contributed by atoms with Crippen molar-refractivity contribution >= 4 is 34.9 Å². The standard InChI is InChI=1S/C21H24ClN3O4/c1-14(2)29-13-5-12-23-19(26)21(28)17-6-3-4-7-18(17)24-20(27)25(21)16-10-8-15(22)9-11-16/h3-4,6-11,14,28H,5,12-13H2,1-2H3,(H,23,26)(H,24,27). The van der Waals surface area contributed by atoms with Gasteiger partial charge in [-0.2, -0.15) is 0 Å². The maximum absolute atomic E-state index is 13.1. The van der Waals surface area contributed by atoms with E-state index in [-0.39, 0.29) is 11.7 Å². The molecule has 0 fully saturated rings. The quantitative estimate of drug-likeness (QED) is 0.601. The third-order valence-corrected chi connectivity index (χ3v) is 4.78. The molecule has 0 saturated carbocycles. The molecule has 0 radical (unpaired) electrons. The first-order valence-electron chi connectivity index (χ1n) is 9.42. The molecule has 0 saturated heterocycles. The van der Waals surface area contributed by atoms with Crippen LogP contribution in [0.2, 0.25) is 5.02 Å². The van der Waals surface area contributed by atoms with Gasteiger partial charge in [-0.3, -0.25) is 9.69 Å². The average Bonchev–Trinajstić information content (AvgIpc) is 2.68. The van der Waals surface area contributed by atoms with Gasteiger partial charge < -0.3 is 20.5 Å². The van der Waals surface area contributed by atoms with Crippen LogP contribution in [-0.4, -0.2) is 36.3 Å². The maximum Gasteiger partial charge on any atom is 0.329 e. The Bertz CT molecular complexity index is 888. The number of amides is 3. The van der Waals surface area contributed by atoms with Crippen LogP contribution in [0, 0.1) is 0 Å². The normalized spacial score (nSPS) is 18.4. The average molecular weight is 418 g/mol. The maximum atomic E-state index is 13.1. The molecule has 154 valence electrons. The predicted octanol–water partition coefficient (Wildman–Crippen LogP) is 3.47. The highest BCUT2D eigenvalue weighted by atomic mass is 35.5. The van der Waals surface area contributed by atoms with E-state index in [4.69, 9.17) is 16.3 Å². The van der Waals surface area contributed by atoms with Crippen LogP contribution in [-0.2, 0) is 15.3 Å². The Morgan fingerprint density at radius 1 is 1.24 bits per heavy atom. The lowest BCUT2D eigenvalue weighted by atomic mass is 9.95. The number of nitrogens with zero attached hydrogens (tertiary/aromatic N) is 1. The van der Waals surface area contributed by atoms with Crippen LogP contribution in [0.4, 0.5) is 16.2 Å². The number of benzene rings is 2. The van der Waals surface area contributed by atoms with Gasteiger partial charge in [0.05, 0.1) is 11.8 Å². The van der Waals surface area contributed by atoms with E-state index in [2.05, 4.69) is 10.6 Å². The Morgan fingerprint density at radius 3 is 2.62 bits per heavy atom. The van der Waals surface area contributed by atoms with E-state index in [1.54, 1.807) is 48.5 Å². The van der Waals surface area contributed by atoms with E-state index in [0.29, 0.717) is 36.0 Å². The molecule has 1 unspecified atom stereocenters. The SMILES string of the molecule is CC(C)OCCCNC(=O)C1(O)c2ccccc2NC(=O)N1c1ccc(Cl)cc1. The van der Waals surface area contributed by atoms with Gasteiger partial charge in [-0.05, 0) is 50.6 Å². The van der Waals surface area contributed by atoms with Crippen molar-refractivity contribution in [1.29, 1.82) is 0 Å². The fraction of sp³-hybridized carbons (Fsp3) is 0.333. The fourth-order valence-corrected chi connectivity index (χ4v) is 3.30. The highest BCUT2D eigenvalue weighted by Gasteiger charge is 2.51. The van der Waals surface area contributed by atoms with Crippen LogP contribution < -0.4 is 15.5 Å². The molecule has 2 aromatic rings. The van der Waals surface area contributed by atoms with Crippen molar-refractivity contribution in [2.75, 3.05) is 23.4 Å². The van der Waals surface area contributed by atoms with E-state index < -0.39 is 17.7 Å². The van der Waals surface area contributed by atoms with Crippen LogP contribution >= 0.6 is 11.6 Å². The second-order valence-corrected chi connectivity index (χ2v) is 7.43. The topological polar surface area (TPSA) is 90.9 Å². The van der Waals surface area contributed by atoms with Crippen LogP contribution in [0.3, 0.4) is 0 Å². The molecule has 1 aliphatic heterocycles. The second kappa shape index (κ2) is 8.82. The van der Waals surface area contributed by atoms with Gasteiger partial charge in [0.25, 0.3) is 11.6 Å². The summed E-state index contributed by atoms with van der Waals surface area (Å²) in [5.74, 6) is -0.695. The van der Waals surface area contributed by atoms with Crippen molar-refractivity contribution in [3.63, 3.8) is 0 Å². The van der Waals surface area contributed by atoms with E-state index in [1.807, 2.05) is 13.8 Å². The van der Waals surface area contributed by atoms with Gasteiger partial charge in [0.2, 0.25) is 0 Å². The van der Waals surface area contributed by atoms with E-state index >= 15 is 0 Å². The zero-order valence-electron chi connectivity index (χ0n) is 16.3. The van der Waals surface area contributed by atoms with Crippen LogP contribution in [0.1, 0.15) is 25.8 Å². The molecule has 1 aliphatic rings. The minimum atomic E-state index is -2.22. The monoisotopic (exact) mass is 417 g/mol. The first kappa shape index (κ1) is 21.1. The number of anilines is 2. The van der Waals surface area contributed by atoms with E-state index in [0.717, 1.165) is 4.90 Å². The molecule has 0 bridgehead atoms. The number of carbonyl (C=O) groups is 2. The number of aliphatic hydroxyl groups is 1. The van der Waals surface area contributed by atoms with Gasteiger partial charge in [-0.25, -0.2) is 4.79 Å². The molecular weight excluding hydrogens is 394 g/mol. The minimum absolute atomic E-state index is 0.101. The van der Waals surface area contributed by atoms with Crippen molar-refractivity contribution in [3.8, 4) is 0 Å². The number of para-hydroxylation sites is 1. The summed E-state index contributed by atoms with van der Waals surface area (Å²) < 4.78 is 5.47. The first-order valence-corrected chi connectivity index (χ1v) is 9.80. The highest BCUT2D eigenvalue weighted by molar-refractivity contribution is 6.30. The zero-order valence-corrected chi connectivity index (χ0v) is 17.1. The molecule has 8 heteroatoms. The Balaban J connectivity index is 1.91. The molecule has 1 atom stereocenters. The molecule has 0 aromatic heterocycles. The van der Waals surface area contributed by atoms with Gasteiger partial charge >= 0.3 is 6.03 Å². The van der Waals surface area contributed by atoms with Crippen LogP contribution in [0.5, 0.6) is 0 Å². The number of fused-ring (bicyclic) bond motifs is 1. The van der Waals surface area contributed by atoms with Crippen LogP contribution in [0.25, 0.3) is 0 Å². The van der Waals surface area contributed by atoms with Gasteiger partial charge in [0, 0.05) is 29.4 Å². The van der Waals surface area contributed by atoms with Crippen molar-refractivity contribution in [1.82, 2.24) is 5.32 Å². The predicted molar refractivity (Wildman–Crippen MR) is 112 cm³/mol. The molecular formula is C21H24ClN3O4. The summed E-state index contributed by atoms with van der Waals surface area (Å²) in [6.07, 6.45) is 0.679. The van der Waals surface area contributed by atoms with Crippen LogP contribution in [0.15, 0.2) is 48.5 Å². The lowest BCUT2D eigenvalue weighted by Crippen LogP contribution is -2.62. The molecule has 29 heavy (non-hydrogen) atoms. The van der Waals surface area contributed by atoms with Crippen molar-refractivity contribution < 1.29 is 19.4 Å². The van der Waals surface area contributed by atoms with Gasteiger partial charge in [0.15, 0.2) is 0 Å². The largest absolute Gasteiger partial charge is 0.379 e. The highest BCUT2D eigenvalue weighted by Crippen LogP contribution is 2.39. The number of rotatable bonds is 7. The minimum Gasteiger partial charge on any atom is -0.379 e. The van der Waals surface area contributed by atoms with Gasteiger partial charge in [0.1, 0.15) is 0 Å². The number of ether oxygens (including phenoxy) is 1. The molecule has 3 N–H and O–H groups in total. The Labute approximate surface area is 174 Å². The third-order valence-electron chi connectivity index (χ3n) is 4.53. The number of hydrogen-bond donors (Lipinski definition) is 3. The lowest BCUT2D eigenvalue weighted by molar-refractivity contribution is -0.140. The zero-order chi connectivity index (χ0) is 21.0. The Morgan fingerprint density at radius 2 is 1.93 bits per heavy atom. The molecule has 3 rings (SSSR count). The Hall–Kier alpha value is -2.61.